The number of amides is 4. The van der Waals surface area contributed by atoms with Gasteiger partial charge in [0.15, 0.2) is 17.7 Å². The molecule has 0 fully saturated rings. The van der Waals surface area contributed by atoms with Crippen LogP contribution in [-0.4, -0.2) is 102 Å². The van der Waals surface area contributed by atoms with Gasteiger partial charge in [-0.05, 0) is 57.9 Å². The Bertz CT molecular complexity index is 1050. The number of carbonyl (C=O) groups excluding carboxylic acids is 5. The van der Waals surface area contributed by atoms with Crippen LogP contribution in [-0.2, 0) is 28.8 Å². The van der Waals surface area contributed by atoms with E-state index in [4.69, 9.17) is 40.3 Å². The van der Waals surface area contributed by atoms with Gasteiger partial charge in [-0.25, -0.2) is 0 Å². The van der Waals surface area contributed by atoms with Gasteiger partial charge in [0.25, 0.3) is 0 Å². The number of nitrogens with zero attached hydrogens (tertiary/aromatic N) is 2. The number of carbonyl (C=O) groups is 6. The number of hydrogen-bond acceptors (Lipinski definition) is 9. The number of ketones is 1. The highest BCUT2D eigenvalue weighted by Crippen LogP contribution is 2.08. The number of carboxylic acids is 1. The Kier molecular flexibility index (Phi) is 21.1. The number of aliphatic imine (C=N–C) groups is 2. The molecule has 0 heterocycles. The normalized spacial score (nSPS) is 13.2. The van der Waals surface area contributed by atoms with Gasteiger partial charge < -0.3 is 55.0 Å². The number of nitrogens with one attached hydrogen (secondary N) is 4. The number of alkyl halides is 1. The van der Waals surface area contributed by atoms with Gasteiger partial charge in [-0.2, -0.15) is 0 Å². The molecule has 0 rings (SSSR count). The van der Waals surface area contributed by atoms with E-state index in [1.165, 1.54) is 6.92 Å². The second-order valence-corrected chi connectivity index (χ2v) is 10.4. The van der Waals surface area contributed by atoms with Gasteiger partial charge in [0.1, 0.15) is 18.1 Å². The van der Waals surface area contributed by atoms with Crippen LogP contribution < -0.4 is 49.9 Å². The lowest BCUT2D eigenvalue weighted by Gasteiger charge is -2.26. The zero-order valence-corrected chi connectivity index (χ0v) is 26.3. The summed E-state index contributed by atoms with van der Waals surface area (Å²) in [4.78, 5) is 83.0. The molecule has 4 atom stereocenters. The van der Waals surface area contributed by atoms with Crippen molar-refractivity contribution < 1.29 is 33.9 Å². The molecule has 0 aromatic rings. The molecule has 0 aliphatic rings. The number of rotatable bonds is 24. The molecule has 256 valence electrons. The zero-order valence-electron chi connectivity index (χ0n) is 25.6. The van der Waals surface area contributed by atoms with Crippen LogP contribution in [0.25, 0.3) is 0 Å². The first-order valence-corrected chi connectivity index (χ1v) is 15.0. The monoisotopic (exact) mass is 661 g/mol. The summed E-state index contributed by atoms with van der Waals surface area (Å²) in [5, 5.41) is 19.3. The summed E-state index contributed by atoms with van der Waals surface area (Å²) in [5.74, 6) is -5.18. The van der Waals surface area contributed by atoms with Crippen LogP contribution >= 0.6 is 11.6 Å². The van der Waals surface area contributed by atoms with Gasteiger partial charge in [-0.15, -0.1) is 11.6 Å². The molecule has 19 heteroatoms. The third-order valence-electron chi connectivity index (χ3n) is 6.28. The van der Waals surface area contributed by atoms with E-state index < -0.39 is 66.0 Å². The van der Waals surface area contributed by atoms with Crippen molar-refractivity contribution in [2.75, 3.05) is 25.5 Å². The first-order chi connectivity index (χ1) is 21.2. The molecule has 15 N–H and O–H groups in total. The summed E-state index contributed by atoms with van der Waals surface area (Å²) in [6, 6.07) is -4.65. The molecule has 0 aromatic carbocycles. The highest BCUT2D eigenvalue weighted by atomic mass is 35.5. The van der Waals surface area contributed by atoms with Crippen LogP contribution in [0.2, 0.25) is 0 Å². The number of nitrogens with two attached hydrogens (primary N) is 5. The van der Waals surface area contributed by atoms with Gasteiger partial charge in [0, 0.05) is 26.4 Å². The van der Waals surface area contributed by atoms with E-state index in [1.54, 1.807) is 0 Å². The van der Waals surface area contributed by atoms with E-state index in [-0.39, 0.29) is 63.0 Å². The second-order valence-electron chi connectivity index (χ2n) is 10.2. The average molecular weight is 662 g/mol. The van der Waals surface area contributed by atoms with Crippen LogP contribution in [0.15, 0.2) is 9.98 Å². The van der Waals surface area contributed by atoms with Gasteiger partial charge in [-0.1, -0.05) is 0 Å². The van der Waals surface area contributed by atoms with Gasteiger partial charge in [0.05, 0.1) is 11.9 Å². The van der Waals surface area contributed by atoms with Gasteiger partial charge in [0.2, 0.25) is 23.6 Å². The highest BCUT2D eigenvalue weighted by Gasteiger charge is 2.31. The molecule has 0 radical (unpaired) electrons. The van der Waals surface area contributed by atoms with Crippen molar-refractivity contribution in [3.05, 3.63) is 0 Å². The molecule has 0 aliphatic carbocycles. The van der Waals surface area contributed by atoms with E-state index in [0.29, 0.717) is 25.8 Å². The maximum absolute atomic E-state index is 13.4. The summed E-state index contributed by atoms with van der Waals surface area (Å²) in [6.45, 7) is 1.89. The maximum Gasteiger partial charge on any atom is 0.303 e. The fraction of sp³-hybridized carbons (Fsp3) is 0.692. The number of hydrogen-bond donors (Lipinski definition) is 10. The van der Waals surface area contributed by atoms with Crippen LogP contribution in [0.4, 0.5) is 0 Å². The largest absolute Gasteiger partial charge is 0.481 e. The molecular weight excluding hydrogens is 614 g/mol. The van der Waals surface area contributed by atoms with Crippen molar-refractivity contribution in [2.45, 2.75) is 88.9 Å². The lowest BCUT2D eigenvalue weighted by atomic mass is 10.0. The van der Waals surface area contributed by atoms with Crippen LogP contribution in [0.1, 0.15) is 64.7 Å². The van der Waals surface area contributed by atoms with Crippen molar-refractivity contribution in [1.82, 2.24) is 21.3 Å². The molecule has 0 saturated carbocycles. The summed E-state index contributed by atoms with van der Waals surface area (Å²) in [5.41, 5.74) is 26.9. The topological polar surface area (TPSA) is 326 Å². The lowest BCUT2D eigenvalue weighted by molar-refractivity contribution is -0.138. The Balaban J connectivity index is 5.99. The van der Waals surface area contributed by atoms with E-state index >= 15 is 0 Å². The van der Waals surface area contributed by atoms with Crippen molar-refractivity contribution in [2.24, 2.45) is 38.7 Å². The maximum atomic E-state index is 13.4. The molecule has 0 aliphatic heterocycles. The van der Waals surface area contributed by atoms with Crippen LogP contribution in [0.3, 0.4) is 0 Å². The Morgan fingerprint density at radius 2 is 1.09 bits per heavy atom. The van der Waals surface area contributed by atoms with E-state index in [0.717, 1.165) is 0 Å². The molecule has 18 nitrogen and oxygen atoms in total. The smallest absolute Gasteiger partial charge is 0.303 e. The molecule has 0 spiro atoms. The summed E-state index contributed by atoms with van der Waals surface area (Å²) in [7, 11) is 0. The number of halogens is 1. The molecule has 0 aromatic heterocycles. The highest BCUT2D eigenvalue weighted by molar-refractivity contribution is 6.28. The number of unbranched alkanes of at least 4 members (excludes halogenated alkanes) is 1. The van der Waals surface area contributed by atoms with E-state index in [2.05, 4.69) is 31.3 Å². The first-order valence-electron chi connectivity index (χ1n) is 14.5. The molecule has 0 saturated heterocycles. The van der Waals surface area contributed by atoms with Crippen LogP contribution in [0.5, 0.6) is 0 Å². The SMILES string of the molecule is CC(=O)N[C@@H](CCCN=C(N)N)C(=O)N[C@@H](CCC(=O)O)C(=O)N[C@@H](CCCN=C(N)N)C(=O)N[C@@H](CCCCN)C(=O)CCl. The minimum atomic E-state index is -1.40. The average Bonchev–Trinajstić information content (AvgIpc) is 2.96. The Labute approximate surface area is 267 Å². The molecule has 45 heavy (non-hydrogen) atoms. The zero-order chi connectivity index (χ0) is 34.4. The number of aliphatic carboxylic acids is 1. The molecular formula is C26H48ClN11O7. The van der Waals surface area contributed by atoms with Gasteiger partial charge in [-0.3, -0.25) is 38.8 Å². The third kappa shape index (κ3) is 19.7. The Morgan fingerprint density at radius 1 is 0.667 bits per heavy atom. The lowest BCUT2D eigenvalue weighted by Crippen LogP contribution is -2.57. The first kappa shape index (κ1) is 40.8. The Hall–Kier alpha value is -4.19. The van der Waals surface area contributed by atoms with Crippen LogP contribution in [0, 0.1) is 0 Å². The second kappa shape index (κ2) is 23.2. The van der Waals surface area contributed by atoms with Crippen molar-refractivity contribution in [3.8, 4) is 0 Å². The molecule has 4 amide bonds. The van der Waals surface area contributed by atoms with E-state index in [1.807, 2.05) is 0 Å². The van der Waals surface area contributed by atoms with E-state index in [9.17, 15) is 33.9 Å². The molecule has 0 bridgehead atoms. The van der Waals surface area contributed by atoms with Crippen molar-refractivity contribution in [3.63, 3.8) is 0 Å². The number of carboxylic acid groups (broad SMARTS) is 1. The standard InChI is InChI=1S/C26H48ClN11O7/c1-15(39)35-17(7-4-12-33-25(29)30)22(43)38-19(9-10-21(41)42)24(45)37-18(8-5-13-34-26(31)32)23(44)36-16(20(40)14-27)6-2-3-11-28/h16-19H,2-14,28H2,1H3,(H,35,39)(H,36,44)(H,37,45)(H,38,43)(H,41,42)(H4,29,30,33)(H4,31,32,34)/t16-,17-,18-,19-/m0/s1. The Morgan fingerprint density at radius 3 is 1.49 bits per heavy atom. The number of guanidine groups is 2. The fourth-order valence-corrected chi connectivity index (χ4v) is 4.23. The molecule has 0 unspecified atom stereocenters. The fourth-order valence-electron chi connectivity index (χ4n) is 4.04. The van der Waals surface area contributed by atoms with Crippen molar-refractivity contribution in [1.29, 1.82) is 0 Å². The predicted molar refractivity (Wildman–Crippen MR) is 169 cm³/mol. The summed E-state index contributed by atoms with van der Waals surface area (Å²) >= 11 is 5.73. The van der Waals surface area contributed by atoms with Gasteiger partial charge >= 0.3 is 5.97 Å². The third-order valence-corrected chi connectivity index (χ3v) is 6.54. The van der Waals surface area contributed by atoms with Crippen molar-refractivity contribution >= 4 is 58.9 Å². The minimum absolute atomic E-state index is 0.0256. The number of Topliss-reactive ketones (excluding diaryl/α,β-unsaturated/α-hetero) is 1. The minimum Gasteiger partial charge on any atom is -0.481 e. The summed E-state index contributed by atoms with van der Waals surface area (Å²) in [6.07, 6.45) is 1.26. The quantitative estimate of drug-likeness (QED) is 0.0212. The predicted octanol–water partition coefficient (Wildman–Crippen LogP) is -3.15. The summed E-state index contributed by atoms with van der Waals surface area (Å²) < 4.78 is 0.